The van der Waals surface area contributed by atoms with Crippen LogP contribution in [0.15, 0.2) is 53.1 Å². The van der Waals surface area contributed by atoms with Gasteiger partial charge in [0.2, 0.25) is 0 Å². The summed E-state index contributed by atoms with van der Waals surface area (Å²) in [6.45, 7) is 5.20. The Morgan fingerprint density at radius 2 is 1.92 bits per heavy atom. The smallest absolute Gasteiger partial charge is 0.127 e. The van der Waals surface area contributed by atoms with E-state index in [1.807, 2.05) is 50.4 Å². The third kappa shape index (κ3) is 3.54. The number of rotatable bonds is 6. The van der Waals surface area contributed by atoms with Gasteiger partial charge < -0.3 is 20.0 Å². The summed E-state index contributed by atoms with van der Waals surface area (Å²) in [5, 5.41) is 7.84. The van der Waals surface area contributed by atoms with E-state index in [-0.39, 0.29) is 0 Å². The zero-order chi connectivity index (χ0) is 17.9. The first kappa shape index (κ1) is 16.2. The summed E-state index contributed by atoms with van der Waals surface area (Å²) in [6, 6.07) is 14.1. The zero-order valence-corrected chi connectivity index (χ0v) is 14.8. The molecule has 4 aromatic rings. The lowest BCUT2D eigenvalue weighted by atomic mass is 10.1. The molecule has 0 spiro atoms. The molecular weight excluding hydrogens is 326 g/mol. The van der Waals surface area contributed by atoms with Crippen LogP contribution in [0.2, 0.25) is 0 Å². The summed E-state index contributed by atoms with van der Waals surface area (Å²) in [4.78, 5) is 12.2. The highest BCUT2D eigenvalue weighted by Crippen LogP contribution is 2.24. The fraction of sp³-hybridized carbons (Fsp3) is 0.200. The first-order valence-corrected chi connectivity index (χ1v) is 8.61. The number of aromatic amines is 1. The van der Waals surface area contributed by atoms with Gasteiger partial charge in [0.1, 0.15) is 23.2 Å². The van der Waals surface area contributed by atoms with Crippen molar-refractivity contribution < 1.29 is 4.42 Å². The summed E-state index contributed by atoms with van der Waals surface area (Å²) in [5.41, 5.74) is 3.05. The van der Waals surface area contributed by atoms with Crippen molar-refractivity contribution in [2.24, 2.45) is 0 Å². The fourth-order valence-corrected chi connectivity index (χ4v) is 2.92. The van der Waals surface area contributed by atoms with Crippen molar-refractivity contribution in [3.8, 4) is 0 Å². The zero-order valence-electron chi connectivity index (χ0n) is 14.8. The minimum atomic E-state index is 0.615. The highest BCUT2D eigenvalue weighted by molar-refractivity contribution is 5.92. The largest absolute Gasteiger partial charge is 0.465 e. The Kier molecular flexibility index (Phi) is 4.31. The van der Waals surface area contributed by atoms with Gasteiger partial charge in [-0.05, 0) is 50.2 Å². The topological polar surface area (TPSA) is 78.8 Å². The van der Waals surface area contributed by atoms with Gasteiger partial charge in [0.25, 0.3) is 0 Å². The highest BCUT2D eigenvalue weighted by atomic mass is 16.3. The van der Waals surface area contributed by atoms with Gasteiger partial charge in [-0.2, -0.15) is 0 Å². The van der Waals surface area contributed by atoms with Gasteiger partial charge in [0.05, 0.1) is 30.5 Å². The number of imidazole rings is 1. The molecule has 1 aromatic carbocycles. The van der Waals surface area contributed by atoms with E-state index in [2.05, 4.69) is 32.7 Å². The molecule has 0 fully saturated rings. The number of H-pyrrole nitrogens is 1. The Bertz CT molecular complexity index is 1030. The fourth-order valence-electron chi connectivity index (χ4n) is 2.92. The number of anilines is 2. The van der Waals surface area contributed by atoms with Gasteiger partial charge >= 0.3 is 0 Å². The lowest BCUT2D eigenvalue weighted by molar-refractivity contribution is 0.490. The summed E-state index contributed by atoms with van der Waals surface area (Å²) >= 11 is 0. The number of fused-ring (bicyclic) bond motifs is 1. The second-order valence-corrected chi connectivity index (χ2v) is 6.28. The van der Waals surface area contributed by atoms with Crippen LogP contribution in [-0.2, 0) is 13.1 Å². The third-order valence-electron chi connectivity index (χ3n) is 4.20. The normalized spacial score (nSPS) is 11.0. The van der Waals surface area contributed by atoms with Gasteiger partial charge in [-0.25, -0.2) is 9.97 Å². The Morgan fingerprint density at radius 3 is 2.69 bits per heavy atom. The molecule has 132 valence electrons. The number of aryl methyl sites for hydroxylation is 2. The van der Waals surface area contributed by atoms with Gasteiger partial charge in [-0.15, -0.1) is 0 Å². The molecular formula is C20H21N5O. The molecule has 0 aliphatic heterocycles. The lowest BCUT2D eigenvalue weighted by Crippen LogP contribution is -2.02. The Labute approximate surface area is 151 Å². The number of furan rings is 1. The number of pyridine rings is 1. The van der Waals surface area contributed by atoms with Crippen molar-refractivity contribution in [2.45, 2.75) is 26.9 Å². The molecule has 3 aromatic heterocycles. The summed E-state index contributed by atoms with van der Waals surface area (Å²) in [6.07, 6.45) is 1.85. The second-order valence-electron chi connectivity index (χ2n) is 6.28. The maximum atomic E-state index is 5.58. The molecule has 0 radical (unpaired) electrons. The van der Waals surface area contributed by atoms with Gasteiger partial charge in [-0.1, -0.05) is 6.07 Å². The molecule has 3 N–H and O–H groups in total. The molecule has 3 heterocycles. The molecule has 4 rings (SSSR count). The van der Waals surface area contributed by atoms with E-state index in [1.54, 1.807) is 0 Å². The lowest BCUT2D eigenvalue weighted by Gasteiger charge is -2.10. The average Bonchev–Trinajstić information content (AvgIpc) is 3.26. The highest BCUT2D eigenvalue weighted by Gasteiger charge is 2.05. The van der Waals surface area contributed by atoms with E-state index in [0.717, 1.165) is 45.4 Å². The molecule has 0 saturated carbocycles. The molecule has 6 nitrogen and oxygen atoms in total. The number of hydrogen-bond donors (Lipinski definition) is 3. The molecule has 0 unspecified atom stereocenters. The summed E-state index contributed by atoms with van der Waals surface area (Å²) < 4.78 is 5.58. The molecule has 0 atom stereocenters. The quantitative estimate of drug-likeness (QED) is 0.482. The van der Waals surface area contributed by atoms with Crippen LogP contribution >= 0.6 is 0 Å². The van der Waals surface area contributed by atoms with Crippen molar-refractivity contribution in [2.75, 3.05) is 10.6 Å². The van der Waals surface area contributed by atoms with Gasteiger partial charge in [0.15, 0.2) is 0 Å². The number of benzene rings is 1. The predicted octanol–water partition coefficient (Wildman–Crippen LogP) is 4.39. The van der Waals surface area contributed by atoms with Crippen LogP contribution in [0.4, 0.5) is 11.5 Å². The number of hydrogen-bond acceptors (Lipinski definition) is 5. The predicted molar refractivity (Wildman–Crippen MR) is 103 cm³/mol. The molecule has 0 amide bonds. The number of aromatic nitrogens is 3. The molecule has 0 aliphatic rings. The van der Waals surface area contributed by atoms with E-state index in [1.165, 1.54) is 0 Å². The van der Waals surface area contributed by atoms with Crippen molar-refractivity contribution >= 4 is 22.4 Å². The molecule has 0 bridgehead atoms. The molecule has 0 saturated heterocycles. The Balaban J connectivity index is 1.49. The van der Waals surface area contributed by atoms with Crippen LogP contribution in [0.1, 0.15) is 23.0 Å². The second kappa shape index (κ2) is 6.92. The van der Waals surface area contributed by atoms with E-state index >= 15 is 0 Å². The van der Waals surface area contributed by atoms with Crippen LogP contribution < -0.4 is 10.6 Å². The Hall–Kier alpha value is -3.28. The van der Waals surface area contributed by atoms with E-state index in [0.29, 0.717) is 13.1 Å². The average molecular weight is 347 g/mol. The van der Waals surface area contributed by atoms with E-state index < -0.39 is 0 Å². The monoisotopic (exact) mass is 347 g/mol. The molecule has 6 heteroatoms. The minimum absolute atomic E-state index is 0.615. The van der Waals surface area contributed by atoms with Crippen LogP contribution in [-0.4, -0.2) is 15.0 Å². The minimum Gasteiger partial charge on any atom is -0.465 e. The summed E-state index contributed by atoms with van der Waals surface area (Å²) in [5.74, 6) is 3.56. The van der Waals surface area contributed by atoms with Crippen molar-refractivity contribution in [1.29, 1.82) is 0 Å². The van der Waals surface area contributed by atoms with E-state index in [4.69, 9.17) is 9.40 Å². The maximum absolute atomic E-state index is 5.58. The van der Waals surface area contributed by atoms with E-state index in [9.17, 15) is 0 Å². The third-order valence-corrected chi connectivity index (χ3v) is 4.20. The maximum Gasteiger partial charge on any atom is 0.127 e. The van der Waals surface area contributed by atoms with Crippen LogP contribution in [0, 0.1) is 13.8 Å². The number of nitrogens with zero attached hydrogens (tertiary/aromatic N) is 2. The number of nitrogens with one attached hydrogen (secondary N) is 3. The van der Waals surface area contributed by atoms with Gasteiger partial charge in [0, 0.05) is 11.1 Å². The first-order chi connectivity index (χ1) is 12.7. The van der Waals surface area contributed by atoms with Crippen LogP contribution in [0.3, 0.4) is 0 Å². The Morgan fingerprint density at radius 1 is 1.00 bits per heavy atom. The first-order valence-electron chi connectivity index (χ1n) is 8.61. The van der Waals surface area contributed by atoms with Crippen molar-refractivity contribution in [3.05, 3.63) is 71.7 Å². The molecule has 0 aliphatic carbocycles. The SMILES string of the molecule is Cc1ncc(CNc2cccc3nc(NCc4ccc(C)o4)ccc23)[nH]1. The summed E-state index contributed by atoms with van der Waals surface area (Å²) in [7, 11) is 0. The van der Waals surface area contributed by atoms with Crippen molar-refractivity contribution in [1.82, 2.24) is 15.0 Å². The molecule has 26 heavy (non-hydrogen) atoms. The van der Waals surface area contributed by atoms with Gasteiger partial charge in [-0.3, -0.25) is 0 Å². The standard InChI is InChI=1S/C20H21N5O/c1-13-6-7-16(26-13)12-23-20-9-8-17-18(4-3-5-19(17)25-20)22-11-15-10-21-14(2)24-15/h3-10,22H,11-12H2,1-2H3,(H,21,24)(H,23,25). The van der Waals surface area contributed by atoms with Crippen LogP contribution in [0.5, 0.6) is 0 Å². The van der Waals surface area contributed by atoms with Crippen molar-refractivity contribution in [3.63, 3.8) is 0 Å². The van der Waals surface area contributed by atoms with Crippen LogP contribution in [0.25, 0.3) is 10.9 Å².